The maximum Gasteiger partial charge on any atom is 0.289 e. The highest BCUT2D eigenvalue weighted by atomic mass is 79.9. The molecule has 0 spiro atoms. The first-order valence-electron chi connectivity index (χ1n) is 6.21. The summed E-state index contributed by atoms with van der Waals surface area (Å²) in [7, 11) is 0. The highest BCUT2D eigenvalue weighted by molar-refractivity contribution is 9.11. The first kappa shape index (κ1) is 16.5. The van der Waals surface area contributed by atoms with Crippen molar-refractivity contribution < 1.29 is 5.11 Å². The van der Waals surface area contributed by atoms with E-state index in [4.69, 9.17) is 5.26 Å². The van der Waals surface area contributed by atoms with Crippen LogP contribution in [0.3, 0.4) is 0 Å². The van der Waals surface area contributed by atoms with E-state index in [2.05, 4.69) is 37.0 Å². The lowest BCUT2D eigenvalue weighted by Crippen LogP contribution is -2.22. The molecule has 0 aliphatic carbocycles. The van der Waals surface area contributed by atoms with Gasteiger partial charge in [0.2, 0.25) is 0 Å². The lowest BCUT2D eigenvalue weighted by molar-refractivity contribution is 0.471. The van der Waals surface area contributed by atoms with Crippen LogP contribution in [0, 0.1) is 25.2 Å². The van der Waals surface area contributed by atoms with E-state index in [1.807, 2.05) is 6.07 Å². The molecule has 1 heterocycles. The van der Waals surface area contributed by atoms with Crippen molar-refractivity contribution in [2.24, 2.45) is 5.10 Å². The Hall–Kier alpha value is -1.91. The quantitative estimate of drug-likeness (QED) is 0.750. The maximum atomic E-state index is 12.2. The molecule has 0 radical (unpaired) electrons. The Labute approximate surface area is 143 Å². The average molecular weight is 425 g/mol. The molecule has 0 aliphatic heterocycles. The van der Waals surface area contributed by atoms with Gasteiger partial charge in [-0.2, -0.15) is 10.4 Å². The number of phenolic OH excluding ortho intramolecular Hbond substituents is 1. The lowest BCUT2D eigenvalue weighted by Gasteiger charge is -2.07. The van der Waals surface area contributed by atoms with Crippen LogP contribution in [0.1, 0.15) is 22.4 Å². The van der Waals surface area contributed by atoms with Crippen LogP contribution in [0.4, 0.5) is 0 Å². The molecule has 0 atom stereocenters. The van der Waals surface area contributed by atoms with Gasteiger partial charge in [0.15, 0.2) is 0 Å². The van der Waals surface area contributed by atoms with Crippen LogP contribution in [-0.4, -0.2) is 16.0 Å². The molecule has 0 saturated heterocycles. The van der Waals surface area contributed by atoms with Crippen LogP contribution in [0.25, 0.3) is 0 Å². The van der Waals surface area contributed by atoms with Crippen molar-refractivity contribution in [1.82, 2.24) is 4.68 Å². The van der Waals surface area contributed by atoms with Crippen LogP contribution < -0.4 is 5.56 Å². The number of aryl methyl sites for hydroxylation is 2. The van der Waals surface area contributed by atoms with Gasteiger partial charge in [0.1, 0.15) is 17.4 Å². The molecule has 5 nitrogen and oxygen atoms in total. The first-order valence-corrected chi connectivity index (χ1v) is 7.79. The molecule has 0 unspecified atom stereocenters. The molecule has 0 aliphatic rings. The van der Waals surface area contributed by atoms with Gasteiger partial charge in [0.25, 0.3) is 5.56 Å². The lowest BCUT2D eigenvalue weighted by atomic mass is 10.1. The fourth-order valence-corrected chi connectivity index (χ4v) is 3.22. The van der Waals surface area contributed by atoms with E-state index in [-0.39, 0.29) is 11.3 Å². The zero-order valence-corrected chi connectivity index (χ0v) is 14.9. The molecule has 112 valence electrons. The van der Waals surface area contributed by atoms with Crippen molar-refractivity contribution >= 4 is 38.1 Å². The third-order valence-corrected chi connectivity index (χ3v) is 4.10. The Kier molecular flexibility index (Phi) is 4.84. The van der Waals surface area contributed by atoms with Crippen LogP contribution >= 0.6 is 31.9 Å². The number of hydrogen-bond acceptors (Lipinski definition) is 4. The minimum atomic E-state index is -0.482. The highest BCUT2D eigenvalue weighted by Crippen LogP contribution is 2.30. The largest absolute Gasteiger partial charge is 0.506 e. The zero-order valence-electron chi connectivity index (χ0n) is 11.8. The first-order chi connectivity index (χ1) is 10.3. The van der Waals surface area contributed by atoms with Gasteiger partial charge in [-0.3, -0.25) is 4.79 Å². The summed E-state index contributed by atoms with van der Waals surface area (Å²) in [6.45, 7) is 3.43. The normalized spacial score (nSPS) is 10.9. The summed E-state index contributed by atoms with van der Waals surface area (Å²) < 4.78 is 2.40. The molecule has 2 rings (SSSR count). The van der Waals surface area contributed by atoms with Crippen LogP contribution in [0.5, 0.6) is 5.75 Å². The van der Waals surface area contributed by atoms with Crippen LogP contribution in [-0.2, 0) is 0 Å². The number of phenols is 1. The van der Waals surface area contributed by atoms with Gasteiger partial charge in [-0.25, -0.2) is 4.68 Å². The minimum Gasteiger partial charge on any atom is -0.506 e. The summed E-state index contributed by atoms with van der Waals surface area (Å²) in [4.78, 5) is 12.2. The molecule has 1 aromatic carbocycles. The minimum absolute atomic E-state index is 0.0188. The molecule has 7 heteroatoms. The van der Waals surface area contributed by atoms with Gasteiger partial charge < -0.3 is 5.11 Å². The Balaban J connectivity index is 2.58. The van der Waals surface area contributed by atoms with Crippen LogP contribution in [0.15, 0.2) is 37.0 Å². The Morgan fingerprint density at radius 2 is 2.00 bits per heavy atom. The van der Waals surface area contributed by atoms with Gasteiger partial charge in [-0.15, -0.1) is 0 Å². The highest BCUT2D eigenvalue weighted by Gasteiger charge is 2.10. The Morgan fingerprint density at radius 3 is 2.64 bits per heavy atom. The monoisotopic (exact) mass is 423 g/mol. The molecule has 0 fully saturated rings. The number of halogens is 2. The van der Waals surface area contributed by atoms with Crippen molar-refractivity contribution in [3.05, 3.63) is 59.9 Å². The summed E-state index contributed by atoms with van der Waals surface area (Å²) in [5, 5.41) is 23.1. The summed E-state index contributed by atoms with van der Waals surface area (Å²) >= 11 is 6.55. The number of nitrogens with zero attached hydrogens (tertiary/aromatic N) is 3. The second kappa shape index (κ2) is 6.46. The van der Waals surface area contributed by atoms with E-state index in [0.29, 0.717) is 21.3 Å². The third-order valence-electron chi connectivity index (χ3n) is 3.04. The fraction of sp³-hybridized carbons (Fsp3) is 0.133. The van der Waals surface area contributed by atoms with E-state index < -0.39 is 5.56 Å². The van der Waals surface area contributed by atoms with Crippen molar-refractivity contribution in [3.63, 3.8) is 0 Å². The predicted octanol–water partition coefficient (Wildman–Crippen LogP) is 3.45. The summed E-state index contributed by atoms with van der Waals surface area (Å²) in [6, 6.07) is 6.97. The molecule has 1 N–H and O–H groups in total. The van der Waals surface area contributed by atoms with Crippen LogP contribution in [0.2, 0.25) is 0 Å². The van der Waals surface area contributed by atoms with Crippen molar-refractivity contribution in [1.29, 1.82) is 5.26 Å². The summed E-state index contributed by atoms with van der Waals surface area (Å²) in [6.07, 6.45) is 1.37. The second-order valence-electron chi connectivity index (χ2n) is 4.64. The summed E-state index contributed by atoms with van der Waals surface area (Å²) in [5.74, 6) is 0.0188. The van der Waals surface area contributed by atoms with Gasteiger partial charge in [-0.1, -0.05) is 15.9 Å². The van der Waals surface area contributed by atoms with E-state index in [9.17, 15) is 9.90 Å². The molecule has 1 aromatic heterocycles. The molecular weight excluding hydrogens is 414 g/mol. The number of pyridine rings is 1. The molecular formula is C15H11Br2N3O2. The standard InChI is InChI=1S/C15H11Br2N3O2/c1-8-3-9(2)20(15(22)12(8)6-18)19-7-10-4-11(16)5-13(17)14(10)21/h3-5,7,21H,1-2H3. The molecule has 2 aromatic rings. The van der Waals surface area contributed by atoms with E-state index in [1.54, 1.807) is 32.0 Å². The smallest absolute Gasteiger partial charge is 0.289 e. The Morgan fingerprint density at radius 1 is 1.32 bits per heavy atom. The number of benzene rings is 1. The molecule has 0 saturated carbocycles. The Bertz CT molecular complexity index is 880. The topological polar surface area (TPSA) is 78.4 Å². The average Bonchev–Trinajstić information content (AvgIpc) is 2.43. The van der Waals surface area contributed by atoms with E-state index >= 15 is 0 Å². The summed E-state index contributed by atoms with van der Waals surface area (Å²) in [5.41, 5.74) is 1.23. The van der Waals surface area contributed by atoms with Crippen molar-refractivity contribution in [3.8, 4) is 11.8 Å². The molecule has 0 amide bonds. The van der Waals surface area contributed by atoms with Gasteiger partial charge in [0, 0.05) is 15.7 Å². The maximum absolute atomic E-state index is 12.2. The van der Waals surface area contributed by atoms with Crippen molar-refractivity contribution in [2.45, 2.75) is 13.8 Å². The number of rotatable bonds is 2. The number of hydrogen-bond donors (Lipinski definition) is 1. The van der Waals surface area contributed by atoms with Crippen molar-refractivity contribution in [2.75, 3.05) is 0 Å². The second-order valence-corrected chi connectivity index (χ2v) is 6.41. The number of nitriles is 1. The number of aromatic hydroxyl groups is 1. The SMILES string of the molecule is Cc1cc(C)n(N=Cc2cc(Br)cc(Br)c2O)c(=O)c1C#N. The molecule has 22 heavy (non-hydrogen) atoms. The van der Waals surface area contributed by atoms with Gasteiger partial charge >= 0.3 is 0 Å². The van der Waals surface area contributed by atoms with Gasteiger partial charge in [0.05, 0.1) is 10.7 Å². The predicted molar refractivity (Wildman–Crippen MR) is 91.4 cm³/mol. The number of aromatic nitrogens is 1. The molecule has 0 bridgehead atoms. The van der Waals surface area contributed by atoms with E-state index in [0.717, 1.165) is 9.15 Å². The fourth-order valence-electron chi connectivity index (χ4n) is 1.97. The third kappa shape index (κ3) is 3.13. The van der Waals surface area contributed by atoms with Gasteiger partial charge in [-0.05, 0) is 53.5 Å². The zero-order chi connectivity index (χ0) is 16.4. The van der Waals surface area contributed by atoms with E-state index in [1.165, 1.54) is 6.21 Å².